The summed E-state index contributed by atoms with van der Waals surface area (Å²) in [7, 11) is 0. The van der Waals surface area contributed by atoms with Crippen molar-refractivity contribution in [2.24, 2.45) is 0 Å². The monoisotopic (exact) mass is 290 g/mol. The standard InChI is InChI=1S/C16H22N2O3/c1-4-9-18(10-8-15(20)21)11-14(19)17-16-12(2)6-5-7-13(16)3/h4-7H,1,8-11H2,2-3H3,(H,17,19)(H,20,21). The Balaban J connectivity index is 2.65. The predicted octanol–water partition coefficient (Wildman–Crippen LogP) is 2.20. The fourth-order valence-corrected chi connectivity index (χ4v) is 2.06. The summed E-state index contributed by atoms with van der Waals surface area (Å²) < 4.78 is 0. The molecule has 114 valence electrons. The maximum Gasteiger partial charge on any atom is 0.304 e. The molecular formula is C16H22N2O3. The van der Waals surface area contributed by atoms with Gasteiger partial charge in [0, 0.05) is 18.8 Å². The number of hydrogen-bond donors (Lipinski definition) is 2. The van der Waals surface area contributed by atoms with Gasteiger partial charge < -0.3 is 10.4 Å². The number of carboxylic acid groups (broad SMARTS) is 1. The minimum atomic E-state index is -0.876. The summed E-state index contributed by atoms with van der Waals surface area (Å²) in [6.45, 7) is 8.45. The zero-order chi connectivity index (χ0) is 15.8. The third-order valence-corrected chi connectivity index (χ3v) is 3.14. The van der Waals surface area contributed by atoms with Gasteiger partial charge in [0.05, 0.1) is 13.0 Å². The minimum Gasteiger partial charge on any atom is -0.481 e. The smallest absolute Gasteiger partial charge is 0.304 e. The van der Waals surface area contributed by atoms with E-state index in [-0.39, 0.29) is 18.9 Å². The van der Waals surface area contributed by atoms with E-state index >= 15 is 0 Å². The first-order valence-electron chi connectivity index (χ1n) is 6.85. The van der Waals surface area contributed by atoms with Crippen molar-refractivity contribution >= 4 is 17.6 Å². The molecule has 0 saturated heterocycles. The number of anilines is 1. The maximum atomic E-state index is 12.1. The van der Waals surface area contributed by atoms with Gasteiger partial charge in [-0.15, -0.1) is 6.58 Å². The van der Waals surface area contributed by atoms with E-state index in [4.69, 9.17) is 5.11 Å². The quantitative estimate of drug-likeness (QED) is 0.720. The van der Waals surface area contributed by atoms with Crippen molar-refractivity contribution in [3.05, 3.63) is 42.0 Å². The molecular weight excluding hydrogens is 268 g/mol. The molecule has 2 N–H and O–H groups in total. The second-order valence-electron chi connectivity index (χ2n) is 4.98. The van der Waals surface area contributed by atoms with Crippen molar-refractivity contribution in [3.63, 3.8) is 0 Å². The van der Waals surface area contributed by atoms with Crippen molar-refractivity contribution < 1.29 is 14.7 Å². The number of aliphatic carboxylic acids is 1. The van der Waals surface area contributed by atoms with Crippen LogP contribution in [-0.2, 0) is 9.59 Å². The Kier molecular flexibility index (Phi) is 6.62. The first kappa shape index (κ1) is 16.9. The summed E-state index contributed by atoms with van der Waals surface area (Å²) in [5.41, 5.74) is 2.83. The van der Waals surface area contributed by atoms with E-state index in [1.54, 1.807) is 11.0 Å². The van der Waals surface area contributed by atoms with Crippen LogP contribution in [0.25, 0.3) is 0 Å². The number of amides is 1. The van der Waals surface area contributed by atoms with Crippen LogP contribution in [0.5, 0.6) is 0 Å². The Labute approximate surface area is 125 Å². The molecule has 0 bridgehead atoms. The molecule has 0 fully saturated rings. The fourth-order valence-electron chi connectivity index (χ4n) is 2.06. The number of aryl methyl sites for hydroxylation is 2. The van der Waals surface area contributed by atoms with Crippen LogP contribution >= 0.6 is 0 Å². The van der Waals surface area contributed by atoms with Gasteiger partial charge >= 0.3 is 5.97 Å². The van der Waals surface area contributed by atoms with Crippen LogP contribution in [0, 0.1) is 13.8 Å². The third kappa shape index (κ3) is 5.79. The molecule has 0 atom stereocenters. The van der Waals surface area contributed by atoms with Crippen LogP contribution in [-0.4, -0.2) is 41.5 Å². The van der Waals surface area contributed by atoms with E-state index in [1.165, 1.54) is 0 Å². The zero-order valence-electron chi connectivity index (χ0n) is 12.6. The molecule has 21 heavy (non-hydrogen) atoms. The number of carbonyl (C=O) groups excluding carboxylic acids is 1. The average molecular weight is 290 g/mol. The van der Waals surface area contributed by atoms with Gasteiger partial charge in [-0.1, -0.05) is 24.3 Å². The summed E-state index contributed by atoms with van der Waals surface area (Å²) in [4.78, 5) is 24.5. The Bertz CT molecular complexity index is 506. The number of para-hydroxylation sites is 1. The molecule has 1 aromatic carbocycles. The van der Waals surface area contributed by atoms with Crippen LogP contribution < -0.4 is 5.32 Å². The second kappa shape index (κ2) is 8.21. The van der Waals surface area contributed by atoms with Gasteiger partial charge in [-0.05, 0) is 25.0 Å². The highest BCUT2D eigenvalue weighted by molar-refractivity contribution is 5.93. The Morgan fingerprint density at radius 1 is 1.33 bits per heavy atom. The largest absolute Gasteiger partial charge is 0.481 e. The lowest BCUT2D eigenvalue weighted by atomic mass is 10.1. The van der Waals surface area contributed by atoms with Crippen LogP contribution in [0.2, 0.25) is 0 Å². The van der Waals surface area contributed by atoms with E-state index in [0.717, 1.165) is 16.8 Å². The van der Waals surface area contributed by atoms with Crippen LogP contribution in [0.4, 0.5) is 5.69 Å². The van der Waals surface area contributed by atoms with Crippen molar-refractivity contribution in [1.82, 2.24) is 4.90 Å². The molecule has 0 heterocycles. The van der Waals surface area contributed by atoms with Crippen LogP contribution in [0.15, 0.2) is 30.9 Å². The molecule has 0 aromatic heterocycles. The van der Waals surface area contributed by atoms with Gasteiger partial charge in [-0.25, -0.2) is 0 Å². The van der Waals surface area contributed by atoms with Gasteiger partial charge in [-0.2, -0.15) is 0 Å². The third-order valence-electron chi connectivity index (χ3n) is 3.14. The summed E-state index contributed by atoms with van der Waals surface area (Å²) in [5, 5.41) is 11.6. The van der Waals surface area contributed by atoms with Gasteiger partial charge in [0.25, 0.3) is 0 Å². The fraction of sp³-hybridized carbons (Fsp3) is 0.375. The van der Waals surface area contributed by atoms with Crippen LogP contribution in [0.1, 0.15) is 17.5 Å². The Hall–Kier alpha value is -2.14. The number of benzene rings is 1. The summed E-state index contributed by atoms with van der Waals surface area (Å²) >= 11 is 0. The highest BCUT2D eigenvalue weighted by Crippen LogP contribution is 2.19. The highest BCUT2D eigenvalue weighted by Gasteiger charge is 2.13. The van der Waals surface area contributed by atoms with Crippen molar-refractivity contribution in [1.29, 1.82) is 0 Å². The molecule has 1 aromatic rings. The molecule has 5 heteroatoms. The SMILES string of the molecule is C=CCN(CCC(=O)O)CC(=O)Nc1c(C)cccc1C. The highest BCUT2D eigenvalue weighted by atomic mass is 16.4. The molecule has 5 nitrogen and oxygen atoms in total. The minimum absolute atomic E-state index is 0.00448. The summed E-state index contributed by atoms with van der Waals surface area (Å²) in [5.74, 6) is -1.03. The van der Waals surface area contributed by atoms with Gasteiger partial charge in [-0.3, -0.25) is 14.5 Å². The average Bonchev–Trinajstić information content (AvgIpc) is 2.40. The maximum absolute atomic E-state index is 12.1. The molecule has 0 aliphatic carbocycles. The van der Waals surface area contributed by atoms with E-state index in [1.807, 2.05) is 32.0 Å². The van der Waals surface area contributed by atoms with Crippen molar-refractivity contribution in [2.75, 3.05) is 25.0 Å². The molecule has 1 rings (SSSR count). The van der Waals surface area contributed by atoms with E-state index in [0.29, 0.717) is 13.1 Å². The molecule has 0 spiro atoms. The zero-order valence-corrected chi connectivity index (χ0v) is 12.6. The number of hydrogen-bond acceptors (Lipinski definition) is 3. The molecule has 0 radical (unpaired) electrons. The lowest BCUT2D eigenvalue weighted by molar-refractivity contribution is -0.137. The normalized spacial score (nSPS) is 10.4. The first-order valence-corrected chi connectivity index (χ1v) is 6.85. The van der Waals surface area contributed by atoms with Crippen molar-refractivity contribution in [3.8, 4) is 0 Å². The van der Waals surface area contributed by atoms with Gasteiger partial charge in [0.1, 0.15) is 0 Å². The second-order valence-corrected chi connectivity index (χ2v) is 4.98. The number of rotatable bonds is 8. The summed E-state index contributed by atoms with van der Waals surface area (Å²) in [6, 6.07) is 5.82. The summed E-state index contributed by atoms with van der Waals surface area (Å²) in [6.07, 6.45) is 1.67. The lowest BCUT2D eigenvalue weighted by Crippen LogP contribution is -2.35. The number of carbonyl (C=O) groups is 2. The Morgan fingerprint density at radius 2 is 1.95 bits per heavy atom. The van der Waals surface area contributed by atoms with Crippen molar-refractivity contribution in [2.45, 2.75) is 20.3 Å². The number of carboxylic acids is 1. The topological polar surface area (TPSA) is 69.6 Å². The first-order chi connectivity index (χ1) is 9.93. The molecule has 1 amide bonds. The van der Waals surface area contributed by atoms with Crippen LogP contribution in [0.3, 0.4) is 0 Å². The Morgan fingerprint density at radius 3 is 2.48 bits per heavy atom. The van der Waals surface area contributed by atoms with Gasteiger partial charge in [0.2, 0.25) is 5.91 Å². The number of nitrogens with one attached hydrogen (secondary N) is 1. The predicted molar refractivity (Wildman–Crippen MR) is 83.4 cm³/mol. The van der Waals surface area contributed by atoms with E-state index in [2.05, 4.69) is 11.9 Å². The molecule has 0 aliphatic heterocycles. The molecule has 0 unspecified atom stereocenters. The van der Waals surface area contributed by atoms with E-state index < -0.39 is 5.97 Å². The molecule has 0 aliphatic rings. The molecule has 0 saturated carbocycles. The van der Waals surface area contributed by atoms with E-state index in [9.17, 15) is 9.59 Å². The number of nitrogens with zero attached hydrogens (tertiary/aromatic N) is 1. The lowest BCUT2D eigenvalue weighted by Gasteiger charge is -2.20. The van der Waals surface area contributed by atoms with Gasteiger partial charge in [0.15, 0.2) is 0 Å².